The van der Waals surface area contributed by atoms with Crippen LogP contribution in [0.2, 0.25) is 5.02 Å². The molecule has 0 atom stereocenters. The summed E-state index contributed by atoms with van der Waals surface area (Å²) in [4.78, 5) is 40.6. The lowest BCUT2D eigenvalue weighted by Crippen LogP contribution is -2.20. The van der Waals surface area contributed by atoms with Gasteiger partial charge < -0.3 is 20.1 Å². The molecule has 2 amide bonds. The van der Waals surface area contributed by atoms with Gasteiger partial charge in [-0.3, -0.25) is 9.59 Å². The predicted molar refractivity (Wildman–Crippen MR) is 114 cm³/mol. The molecule has 0 fully saturated rings. The van der Waals surface area contributed by atoms with E-state index in [0.29, 0.717) is 10.6 Å². The third kappa shape index (κ3) is 6.59. The highest BCUT2D eigenvalue weighted by atomic mass is 35.5. The Morgan fingerprint density at radius 1 is 1.17 bits per heavy atom. The summed E-state index contributed by atoms with van der Waals surface area (Å²) >= 11 is 5.81. The summed E-state index contributed by atoms with van der Waals surface area (Å²) in [6.07, 6.45) is 3.05. The molecular weight excluding hydrogens is 410 g/mol. The van der Waals surface area contributed by atoms with Gasteiger partial charge in [0.2, 0.25) is 0 Å². The first kappa shape index (κ1) is 22.9. The maximum Gasteiger partial charge on any atom is 0.344 e. The Kier molecular flexibility index (Phi) is 8.37. The van der Waals surface area contributed by atoms with Crippen LogP contribution < -0.4 is 15.4 Å². The first-order valence-corrected chi connectivity index (χ1v) is 9.51. The molecule has 0 saturated heterocycles. The molecule has 2 N–H and O–H groups in total. The standard InChI is InChI=1S/C21H22ClN3O5/c1-4-13(3)20(27)24-17-8-7-15(30-12-19(26)29-5-2)10-16(17)21(28)25-18-9-6-14(22)11-23-18/h4,6-11H,5,12H2,1-3H3,(H,24,27)(H,23,25,28)/b13-4+. The smallest absolute Gasteiger partial charge is 0.344 e. The first-order chi connectivity index (χ1) is 14.3. The summed E-state index contributed by atoms with van der Waals surface area (Å²) in [5, 5.41) is 5.75. The van der Waals surface area contributed by atoms with Crippen LogP contribution in [-0.4, -0.2) is 36.0 Å². The fourth-order valence-electron chi connectivity index (χ4n) is 2.24. The number of amides is 2. The second kappa shape index (κ2) is 11.0. The monoisotopic (exact) mass is 431 g/mol. The molecule has 1 aromatic carbocycles. The van der Waals surface area contributed by atoms with Crippen molar-refractivity contribution in [1.82, 2.24) is 4.98 Å². The van der Waals surface area contributed by atoms with E-state index in [1.165, 1.54) is 24.4 Å². The fraction of sp³-hybridized carbons (Fsp3) is 0.238. The van der Waals surface area contributed by atoms with Gasteiger partial charge in [0, 0.05) is 11.8 Å². The average molecular weight is 432 g/mol. The summed E-state index contributed by atoms with van der Waals surface area (Å²) in [6, 6.07) is 7.61. The van der Waals surface area contributed by atoms with E-state index in [0.717, 1.165) is 0 Å². The number of esters is 1. The second-order valence-electron chi connectivity index (χ2n) is 6.04. The zero-order valence-corrected chi connectivity index (χ0v) is 17.6. The number of ether oxygens (including phenoxy) is 2. The van der Waals surface area contributed by atoms with Crippen LogP contribution in [0.25, 0.3) is 0 Å². The number of halogens is 1. The number of pyridine rings is 1. The molecule has 30 heavy (non-hydrogen) atoms. The summed E-state index contributed by atoms with van der Waals surface area (Å²) < 4.78 is 10.2. The van der Waals surface area contributed by atoms with E-state index in [2.05, 4.69) is 15.6 Å². The van der Waals surface area contributed by atoms with E-state index in [9.17, 15) is 14.4 Å². The summed E-state index contributed by atoms with van der Waals surface area (Å²) in [7, 11) is 0. The van der Waals surface area contributed by atoms with Crippen LogP contribution in [0.15, 0.2) is 48.2 Å². The number of nitrogens with zero attached hydrogens (tertiary/aromatic N) is 1. The molecule has 0 bridgehead atoms. The van der Waals surface area contributed by atoms with Gasteiger partial charge in [-0.1, -0.05) is 17.7 Å². The van der Waals surface area contributed by atoms with Crippen LogP contribution in [0.1, 0.15) is 31.1 Å². The van der Waals surface area contributed by atoms with E-state index in [1.807, 2.05) is 0 Å². The molecule has 8 nitrogen and oxygen atoms in total. The minimum atomic E-state index is -0.532. The van der Waals surface area contributed by atoms with Crippen molar-refractivity contribution in [2.75, 3.05) is 23.8 Å². The normalized spacial score (nSPS) is 10.9. The van der Waals surface area contributed by atoms with Crippen LogP contribution in [-0.2, 0) is 14.3 Å². The Balaban J connectivity index is 2.29. The lowest BCUT2D eigenvalue weighted by Gasteiger charge is -2.14. The highest BCUT2D eigenvalue weighted by molar-refractivity contribution is 6.30. The van der Waals surface area contributed by atoms with E-state index in [1.54, 1.807) is 39.0 Å². The number of rotatable bonds is 8. The number of allylic oxidation sites excluding steroid dienone is 1. The Bertz CT molecular complexity index is 958. The molecule has 1 heterocycles. The Morgan fingerprint density at radius 2 is 1.93 bits per heavy atom. The van der Waals surface area contributed by atoms with Crippen LogP contribution in [0.3, 0.4) is 0 Å². The molecule has 2 aromatic rings. The van der Waals surface area contributed by atoms with Gasteiger partial charge in [0.15, 0.2) is 6.61 Å². The molecule has 0 spiro atoms. The van der Waals surface area contributed by atoms with Crippen molar-refractivity contribution in [3.05, 3.63) is 58.8 Å². The van der Waals surface area contributed by atoms with Gasteiger partial charge in [0.1, 0.15) is 11.6 Å². The summed E-state index contributed by atoms with van der Waals surface area (Å²) in [5.41, 5.74) is 0.893. The maximum absolute atomic E-state index is 12.8. The molecule has 2 rings (SSSR count). The van der Waals surface area contributed by atoms with E-state index in [-0.39, 0.29) is 41.9 Å². The number of carbonyl (C=O) groups is 3. The second-order valence-corrected chi connectivity index (χ2v) is 6.48. The molecule has 0 unspecified atom stereocenters. The first-order valence-electron chi connectivity index (χ1n) is 9.13. The fourth-order valence-corrected chi connectivity index (χ4v) is 2.35. The predicted octanol–water partition coefficient (Wildman–Crippen LogP) is 3.83. The lowest BCUT2D eigenvalue weighted by atomic mass is 10.1. The maximum atomic E-state index is 12.8. The molecule has 0 aliphatic carbocycles. The molecular formula is C21H22ClN3O5. The van der Waals surface area contributed by atoms with Gasteiger partial charge in [-0.15, -0.1) is 0 Å². The van der Waals surface area contributed by atoms with Crippen molar-refractivity contribution < 1.29 is 23.9 Å². The number of hydrogen-bond donors (Lipinski definition) is 2. The molecule has 0 radical (unpaired) electrons. The van der Waals surface area contributed by atoms with E-state index < -0.39 is 11.9 Å². The van der Waals surface area contributed by atoms with Crippen LogP contribution >= 0.6 is 11.6 Å². The molecule has 0 aliphatic rings. The third-order valence-electron chi connectivity index (χ3n) is 3.91. The zero-order valence-electron chi connectivity index (χ0n) is 16.8. The molecule has 0 saturated carbocycles. The van der Waals surface area contributed by atoms with E-state index >= 15 is 0 Å². The Hall–Kier alpha value is -3.39. The Labute approximate surface area is 179 Å². The highest BCUT2D eigenvalue weighted by Gasteiger charge is 2.17. The average Bonchev–Trinajstić information content (AvgIpc) is 2.74. The van der Waals surface area contributed by atoms with Gasteiger partial charge in [-0.2, -0.15) is 0 Å². The minimum Gasteiger partial charge on any atom is -0.482 e. The van der Waals surface area contributed by atoms with Crippen LogP contribution in [0.4, 0.5) is 11.5 Å². The van der Waals surface area contributed by atoms with Gasteiger partial charge in [0.05, 0.1) is 22.9 Å². The zero-order chi connectivity index (χ0) is 22.1. The van der Waals surface area contributed by atoms with Crippen molar-refractivity contribution in [1.29, 1.82) is 0 Å². The number of aromatic nitrogens is 1. The molecule has 158 valence electrons. The lowest BCUT2D eigenvalue weighted by molar-refractivity contribution is -0.145. The van der Waals surface area contributed by atoms with Crippen LogP contribution in [0, 0.1) is 0 Å². The molecule has 0 aliphatic heterocycles. The number of anilines is 2. The van der Waals surface area contributed by atoms with Gasteiger partial charge in [0.25, 0.3) is 11.8 Å². The highest BCUT2D eigenvalue weighted by Crippen LogP contribution is 2.24. The van der Waals surface area contributed by atoms with Gasteiger partial charge in [-0.25, -0.2) is 9.78 Å². The minimum absolute atomic E-state index is 0.130. The molecule has 1 aromatic heterocycles. The summed E-state index contributed by atoms with van der Waals surface area (Å²) in [6.45, 7) is 5.01. The van der Waals surface area contributed by atoms with Gasteiger partial charge >= 0.3 is 5.97 Å². The SMILES string of the molecule is C/C=C(\C)C(=O)Nc1ccc(OCC(=O)OCC)cc1C(=O)Nc1ccc(Cl)cn1. The van der Waals surface area contributed by atoms with Crippen LogP contribution in [0.5, 0.6) is 5.75 Å². The van der Waals surface area contributed by atoms with Crippen molar-refractivity contribution in [2.24, 2.45) is 0 Å². The quantitative estimate of drug-likeness (QED) is 0.486. The number of benzene rings is 1. The van der Waals surface area contributed by atoms with Crippen molar-refractivity contribution >= 4 is 40.9 Å². The van der Waals surface area contributed by atoms with Crippen molar-refractivity contribution in [3.8, 4) is 5.75 Å². The third-order valence-corrected chi connectivity index (χ3v) is 4.13. The topological polar surface area (TPSA) is 107 Å². The number of hydrogen-bond acceptors (Lipinski definition) is 6. The molecule has 9 heteroatoms. The van der Waals surface area contributed by atoms with Crippen molar-refractivity contribution in [2.45, 2.75) is 20.8 Å². The Morgan fingerprint density at radius 3 is 2.57 bits per heavy atom. The van der Waals surface area contributed by atoms with Crippen molar-refractivity contribution in [3.63, 3.8) is 0 Å². The van der Waals surface area contributed by atoms with E-state index in [4.69, 9.17) is 21.1 Å². The largest absolute Gasteiger partial charge is 0.482 e. The number of carbonyl (C=O) groups excluding carboxylic acids is 3. The van der Waals surface area contributed by atoms with Gasteiger partial charge in [-0.05, 0) is 51.1 Å². The number of nitrogens with one attached hydrogen (secondary N) is 2. The summed E-state index contributed by atoms with van der Waals surface area (Å²) in [5.74, 6) is -0.867.